The van der Waals surface area contributed by atoms with Crippen LogP contribution < -0.4 is 5.32 Å². The smallest absolute Gasteiger partial charge is 0.230 e. The summed E-state index contributed by atoms with van der Waals surface area (Å²) in [6, 6.07) is 0.298. The van der Waals surface area contributed by atoms with Crippen LogP contribution in [0.2, 0.25) is 0 Å². The summed E-state index contributed by atoms with van der Waals surface area (Å²) >= 11 is 1.11. The Labute approximate surface area is 172 Å². The Kier molecular flexibility index (Phi) is 16.0. The summed E-state index contributed by atoms with van der Waals surface area (Å²) in [5, 5.41) is 3.21. The molecule has 1 rings (SSSR count). The van der Waals surface area contributed by atoms with Crippen molar-refractivity contribution in [1.82, 2.24) is 5.32 Å². The minimum absolute atomic E-state index is 0.0191. The van der Waals surface area contributed by atoms with Gasteiger partial charge in [-0.1, -0.05) is 114 Å². The standard InChI is InChI=1S/C23H43NO2S/c1-21(25)27-20-23(26)24-22-18-16-14-12-10-8-6-4-2-3-5-7-9-11-13-15-17-19-22/h22H,2-20H2,1H3,(H,24,26). The highest BCUT2D eigenvalue weighted by atomic mass is 32.2. The number of hydrogen-bond donors (Lipinski definition) is 1. The van der Waals surface area contributed by atoms with Crippen LogP contribution in [0.25, 0.3) is 0 Å². The average Bonchev–Trinajstić information content (AvgIpc) is 2.64. The number of rotatable bonds is 3. The lowest BCUT2D eigenvalue weighted by Gasteiger charge is -2.19. The molecule has 0 saturated heterocycles. The maximum Gasteiger partial charge on any atom is 0.230 e. The molecular weight excluding hydrogens is 354 g/mol. The van der Waals surface area contributed by atoms with E-state index >= 15 is 0 Å². The molecule has 1 fully saturated rings. The second-order valence-corrected chi connectivity index (χ2v) is 9.43. The fourth-order valence-corrected chi connectivity index (χ4v) is 4.40. The van der Waals surface area contributed by atoms with Gasteiger partial charge in [-0.3, -0.25) is 9.59 Å². The molecule has 1 aliphatic rings. The van der Waals surface area contributed by atoms with Crippen LogP contribution in [0.4, 0.5) is 0 Å². The van der Waals surface area contributed by atoms with Crippen molar-refractivity contribution in [3.05, 3.63) is 0 Å². The normalized spacial score (nSPS) is 20.8. The van der Waals surface area contributed by atoms with E-state index in [4.69, 9.17) is 0 Å². The van der Waals surface area contributed by atoms with E-state index in [1.165, 1.54) is 110 Å². The molecule has 3 nitrogen and oxygen atoms in total. The molecule has 27 heavy (non-hydrogen) atoms. The Balaban J connectivity index is 2.34. The Morgan fingerprint density at radius 2 is 1.00 bits per heavy atom. The lowest BCUT2D eigenvalue weighted by molar-refractivity contribution is -0.119. The van der Waals surface area contributed by atoms with Gasteiger partial charge in [0.05, 0.1) is 5.75 Å². The highest BCUT2D eigenvalue weighted by Crippen LogP contribution is 2.17. The third kappa shape index (κ3) is 16.2. The van der Waals surface area contributed by atoms with Crippen LogP contribution in [-0.2, 0) is 9.59 Å². The number of nitrogens with one attached hydrogen (secondary N) is 1. The van der Waals surface area contributed by atoms with Crippen molar-refractivity contribution in [2.24, 2.45) is 0 Å². The zero-order chi connectivity index (χ0) is 19.6. The van der Waals surface area contributed by atoms with Crippen LogP contribution in [0.1, 0.15) is 122 Å². The predicted molar refractivity (Wildman–Crippen MR) is 118 cm³/mol. The molecule has 0 aromatic rings. The van der Waals surface area contributed by atoms with Crippen LogP contribution in [0.3, 0.4) is 0 Å². The molecule has 1 N–H and O–H groups in total. The first-order valence-electron chi connectivity index (χ1n) is 11.6. The monoisotopic (exact) mass is 397 g/mol. The van der Waals surface area contributed by atoms with E-state index in [1.807, 2.05) is 0 Å². The lowest BCUT2D eigenvalue weighted by atomic mass is 10.00. The van der Waals surface area contributed by atoms with Crippen molar-refractivity contribution in [2.45, 2.75) is 129 Å². The predicted octanol–water partition coefficient (Wildman–Crippen LogP) is 6.79. The van der Waals surface area contributed by atoms with Gasteiger partial charge in [0.2, 0.25) is 5.91 Å². The second-order valence-electron chi connectivity index (χ2n) is 8.28. The zero-order valence-corrected chi connectivity index (χ0v) is 18.6. The molecule has 0 aromatic heterocycles. The second kappa shape index (κ2) is 17.6. The Morgan fingerprint density at radius 3 is 1.33 bits per heavy atom. The van der Waals surface area contributed by atoms with E-state index in [0.29, 0.717) is 6.04 Å². The fraction of sp³-hybridized carbons (Fsp3) is 0.913. The molecule has 0 aromatic carbocycles. The minimum Gasteiger partial charge on any atom is -0.353 e. The van der Waals surface area contributed by atoms with Crippen molar-refractivity contribution in [3.63, 3.8) is 0 Å². The van der Waals surface area contributed by atoms with Crippen LogP contribution in [0.15, 0.2) is 0 Å². The van der Waals surface area contributed by atoms with E-state index in [1.54, 1.807) is 0 Å². The van der Waals surface area contributed by atoms with E-state index in [2.05, 4.69) is 5.32 Å². The van der Waals surface area contributed by atoms with Gasteiger partial charge in [-0.25, -0.2) is 0 Å². The molecule has 0 heterocycles. The molecule has 0 unspecified atom stereocenters. The van der Waals surface area contributed by atoms with Gasteiger partial charge in [-0.15, -0.1) is 0 Å². The fourth-order valence-electron chi connectivity index (χ4n) is 3.98. The summed E-state index contributed by atoms with van der Waals surface area (Å²) in [5.74, 6) is 0.296. The van der Waals surface area contributed by atoms with Crippen molar-refractivity contribution in [3.8, 4) is 0 Å². The molecule has 0 aliphatic heterocycles. The van der Waals surface area contributed by atoms with Gasteiger partial charge in [-0.05, 0) is 12.8 Å². The third-order valence-corrected chi connectivity index (χ3v) is 6.44. The first kappa shape index (κ1) is 24.5. The van der Waals surface area contributed by atoms with Crippen LogP contribution >= 0.6 is 11.8 Å². The van der Waals surface area contributed by atoms with Crippen LogP contribution in [0, 0.1) is 0 Å². The van der Waals surface area contributed by atoms with Gasteiger partial charge in [0, 0.05) is 13.0 Å². The third-order valence-electron chi connectivity index (χ3n) is 5.63. The summed E-state index contributed by atoms with van der Waals surface area (Å²) in [7, 11) is 0. The quantitative estimate of drug-likeness (QED) is 0.570. The number of carbonyl (C=O) groups is 2. The minimum atomic E-state index is 0.0191. The first-order valence-corrected chi connectivity index (χ1v) is 12.6. The number of amides is 1. The molecule has 0 spiro atoms. The van der Waals surface area contributed by atoms with Crippen LogP contribution in [-0.4, -0.2) is 22.8 Å². The van der Waals surface area contributed by atoms with Gasteiger partial charge in [0.1, 0.15) is 0 Å². The van der Waals surface area contributed by atoms with Gasteiger partial charge >= 0.3 is 0 Å². The van der Waals surface area contributed by atoms with Gasteiger partial charge in [0.15, 0.2) is 5.12 Å². The molecule has 1 aliphatic carbocycles. The van der Waals surface area contributed by atoms with Crippen LogP contribution in [0.5, 0.6) is 0 Å². The topological polar surface area (TPSA) is 46.2 Å². The maximum absolute atomic E-state index is 12.1. The van der Waals surface area contributed by atoms with Gasteiger partial charge < -0.3 is 5.32 Å². The van der Waals surface area contributed by atoms with Crippen molar-refractivity contribution >= 4 is 22.8 Å². The molecular formula is C23H43NO2S. The lowest BCUT2D eigenvalue weighted by Crippen LogP contribution is -2.36. The summed E-state index contributed by atoms with van der Waals surface area (Å²) in [5.41, 5.74) is 0. The Morgan fingerprint density at radius 1 is 0.667 bits per heavy atom. The molecule has 1 saturated carbocycles. The number of thioether (sulfide) groups is 1. The van der Waals surface area contributed by atoms with Gasteiger partial charge in [-0.2, -0.15) is 0 Å². The van der Waals surface area contributed by atoms with E-state index in [-0.39, 0.29) is 16.8 Å². The summed E-state index contributed by atoms with van der Waals surface area (Å²) < 4.78 is 0. The largest absolute Gasteiger partial charge is 0.353 e. The number of hydrogen-bond acceptors (Lipinski definition) is 3. The summed E-state index contributed by atoms with van der Waals surface area (Å²) in [6.45, 7) is 1.52. The average molecular weight is 398 g/mol. The summed E-state index contributed by atoms with van der Waals surface area (Å²) in [4.78, 5) is 23.2. The van der Waals surface area contributed by atoms with E-state index in [9.17, 15) is 9.59 Å². The highest BCUT2D eigenvalue weighted by molar-refractivity contribution is 8.14. The maximum atomic E-state index is 12.1. The van der Waals surface area contributed by atoms with E-state index < -0.39 is 0 Å². The molecule has 0 radical (unpaired) electrons. The molecule has 4 heteroatoms. The SMILES string of the molecule is CC(=O)SCC(=O)NC1CCCCCCCCCCCCCCCCCC1. The highest BCUT2D eigenvalue weighted by Gasteiger charge is 2.13. The molecule has 0 atom stereocenters. The van der Waals surface area contributed by atoms with Crippen molar-refractivity contribution < 1.29 is 9.59 Å². The first-order chi connectivity index (χ1) is 13.2. The zero-order valence-electron chi connectivity index (χ0n) is 17.7. The molecule has 158 valence electrons. The van der Waals surface area contributed by atoms with Crippen molar-refractivity contribution in [2.75, 3.05) is 5.75 Å². The van der Waals surface area contributed by atoms with E-state index in [0.717, 1.165) is 24.6 Å². The molecule has 1 amide bonds. The number of carbonyl (C=O) groups excluding carboxylic acids is 2. The Bertz CT molecular complexity index is 367. The summed E-state index contributed by atoms with van der Waals surface area (Å²) in [6.07, 6.45) is 23.9. The Hall–Kier alpha value is -0.510. The van der Waals surface area contributed by atoms with Crippen molar-refractivity contribution in [1.29, 1.82) is 0 Å². The molecule has 0 bridgehead atoms. The van der Waals surface area contributed by atoms with Gasteiger partial charge in [0.25, 0.3) is 0 Å².